The predicted octanol–water partition coefficient (Wildman–Crippen LogP) is 3.17. The second-order valence-corrected chi connectivity index (χ2v) is 6.02. The van der Waals surface area contributed by atoms with Crippen LogP contribution in [0.4, 0.5) is 0 Å². The summed E-state index contributed by atoms with van der Waals surface area (Å²) in [6, 6.07) is 1.85. The molecule has 0 saturated carbocycles. The summed E-state index contributed by atoms with van der Waals surface area (Å²) in [6.07, 6.45) is 2.90. The van der Waals surface area contributed by atoms with Crippen molar-refractivity contribution in [2.45, 2.75) is 25.8 Å². The van der Waals surface area contributed by atoms with Crippen LogP contribution < -0.4 is 0 Å². The van der Waals surface area contributed by atoms with Crippen LogP contribution in [0.2, 0.25) is 5.02 Å². The fraction of sp³-hybridized carbons (Fsp3) is 0.571. The molecule has 6 heteroatoms. The van der Waals surface area contributed by atoms with Crippen molar-refractivity contribution in [3.63, 3.8) is 0 Å². The minimum Gasteiger partial charge on any atom is -0.311 e. The summed E-state index contributed by atoms with van der Waals surface area (Å²) in [5.74, 6) is 1.93. The van der Waals surface area contributed by atoms with Gasteiger partial charge in [0, 0.05) is 19.3 Å². The molecule has 0 radical (unpaired) electrons. The first-order valence-corrected chi connectivity index (χ1v) is 7.91. The highest BCUT2D eigenvalue weighted by molar-refractivity contribution is 6.31. The Morgan fingerprint density at radius 2 is 2.30 bits per heavy atom. The number of imidazole rings is 1. The second-order valence-electron chi connectivity index (χ2n) is 5.32. The van der Waals surface area contributed by atoms with Crippen molar-refractivity contribution in [2.24, 2.45) is 5.92 Å². The van der Waals surface area contributed by atoms with E-state index >= 15 is 0 Å². The molecule has 1 saturated heterocycles. The van der Waals surface area contributed by atoms with Crippen molar-refractivity contribution < 1.29 is 0 Å². The molecule has 1 aliphatic rings. The Morgan fingerprint density at radius 3 is 3.00 bits per heavy atom. The summed E-state index contributed by atoms with van der Waals surface area (Å²) in [7, 11) is 0. The summed E-state index contributed by atoms with van der Waals surface area (Å²) >= 11 is 12.0. The molecule has 3 rings (SSSR count). The van der Waals surface area contributed by atoms with E-state index in [-0.39, 0.29) is 0 Å². The lowest BCUT2D eigenvalue weighted by atomic mass is 10.1. The van der Waals surface area contributed by atoms with Gasteiger partial charge in [0.2, 0.25) is 0 Å². The van der Waals surface area contributed by atoms with Crippen LogP contribution in [0.25, 0.3) is 11.2 Å². The SMILES string of the molecule is CCN1CCC(Cn2c(CCl)nc3cc(Cl)cnc32)C1. The summed E-state index contributed by atoms with van der Waals surface area (Å²) in [5.41, 5.74) is 1.72. The average molecular weight is 313 g/mol. The Labute approximate surface area is 128 Å². The third-order valence-electron chi connectivity index (χ3n) is 4.01. The molecule has 1 aliphatic heterocycles. The lowest BCUT2D eigenvalue weighted by Crippen LogP contribution is -2.21. The number of aromatic nitrogens is 3. The van der Waals surface area contributed by atoms with Gasteiger partial charge >= 0.3 is 0 Å². The molecule has 108 valence electrons. The van der Waals surface area contributed by atoms with Gasteiger partial charge in [-0.25, -0.2) is 9.97 Å². The maximum atomic E-state index is 6.03. The summed E-state index contributed by atoms with van der Waals surface area (Å²) in [4.78, 5) is 11.5. The first-order valence-electron chi connectivity index (χ1n) is 7.00. The fourth-order valence-corrected chi connectivity index (χ4v) is 3.29. The number of likely N-dealkylation sites (tertiary alicyclic amines) is 1. The molecule has 1 unspecified atom stereocenters. The van der Waals surface area contributed by atoms with Crippen LogP contribution in [0.3, 0.4) is 0 Å². The molecule has 0 aromatic carbocycles. The largest absolute Gasteiger partial charge is 0.311 e. The van der Waals surface area contributed by atoms with E-state index in [0.29, 0.717) is 16.8 Å². The Hall–Kier alpha value is -0.840. The van der Waals surface area contributed by atoms with Crippen LogP contribution in [0.15, 0.2) is 12.3 Å². The second kappa shape index (κ2) is 5.88. The minimum atomic E-state index is 0.401. The highest BCUT2D eigenvalue weighted by atomic mass is 35.5. The summed E-state index contributed by atoms with van der Waals surface area (Å²) in [5, 5.41) is 0.612. The summed E-state index contributed by atoms with van der Waals surface area (Å²) < 4.78 is 2.16. The van der Waals surface area contributed by atoms with Gasteiger partial charge < -0.3 is 9.47 Å². The molecule has 0 spiro atoms. The Kier molecular flexibility index (Phi) is 4.15. The van der Waals surface area contributed by atoms with Crippen LogP contribution in [-0.2, 0) is 12.4 Å². The lowest BCUT2D eigenvalue weighted by Gasteiger charge is -2.15. The van der Waals surface area contributed by atoms with Gasteiger partial charge in [-0.05, 0) is 31.5 Å². The third-order valence-corrected chi connectivity index (χ3v) is 4.45. The van der Waals surface area contributed by atoms with E-state index < -0.39 is 0 Å². The van der Waals surface area contributed by atoms with Gasteiger partial charge in [0.1, 0.15) is 11.3 Å². The molecule has 4 nitrogen and oxygen atoms in total. The fourth-order valence-electron chi connectivity index (χ4n) is 2.93. The van der Waals surface area contributed by atoms with Gasteiger partial charge in [-0.3, -0.25) is 0 Å². The lowest BCUT2D eigenvalue weighted by molar-refractivity contribution is 0.332. The van der Waals surface area contributed by atoms with Gasteiger partial charge in [-0.2, -0.15) is 0 Å². The normalized spacial score (nSPS) is 20.1. The number of hydrogen-bond acceptors (Lipinski definition) is 3. The molecular formula is C14H18Cl2N4. The van der Waals surface area contributed by atoms with E-state index in [1.54, 1.807) is 6.20 Å². The monoisotopic (exact) mass is 312 g/mol. The Bertz CT molecular complexity index is 610. The van der Waals surface area contributed by atoms with E-state index in [1.807, 2.05) is 6.07 Å². The zero-order valence-electron chi connectivity index (χ0n) is 11.5. The highest BCUT2D eigenvalue weighted by Crippen LogP contribution is 2.24. The van der Waals surface area contributed by atoms with E-state index in [9.17, 15) is 0 Å². The Balaban J connectivity index is 1.90. The van der Waals surface area contributed by atoms with Crippen LogP contribution >= 0.6 is 23.2 Å². The maximum absolute atomic E-state index is 6.03. The van der Waals surface area contributed by atoms with Crippen LogP contribution in [0.5, 0.6) is 0 Å². The van der Waals surface area contributed by atoms with E-state index in [2.05, 4.69) is 26.4 Å². The minimum absolute atomic E-state index is 0.401. The average Bonchev–Trinajstić information content (AvgIpc) is 3.03. The molecule has 0 bridgehead atoms. The molecule has 0 aliphatic carbocycles. The number of halogens is 2. The molecule has 2 aromatic heterocycles. The molecule has 1 atom stereocenters. The zero-order valence-corrected chi connectivity index (χ0v) is 13.0. The zero-order chi connectivity index (χ0) is 14.1. The highest BCUT2D eigenvalue weighted by Gasteiger charge is 2.23. The number of alkyl halides is 1. The topological polar surface area (TPSA) is 34.0 Å². The van der Waals surface area contributed by atoms with Gasteiger partial charge in [-0.15, -0.1) is 11.6 Å². The molecule has 1 fully saturated rings. The first-order chi connectivity index (χ1) is 9.71. The molecule has 0 N–H and O–H groups in total. The molecule has 2 aromatic rings. The van der Waals surface area contributed by atoms with Crippen molar-refractivity contribution in [3.8, 4) is 0 Å². The smallest absolute Gasteiger partial charge is 0.160 e. The number of rotatable bonds is 4. The number of nitrogens with zero attached hydrogens (tertiary/aromatic N) is 4. The van der Waals surface area contributed by atoms with Crippen molar-refractivity contribution in [2.75, 3.05) is 19.6 Å². The first kappa shape index (κ1) is 14.1. The van der Waals surface area contributed by atoms with Crippen molar-refractivity contribution >= 4 is 34.4 Å². The third kappa shape index (κ3) is 2.65. The quantitative estimate of drug-likeness (QED) is 0.813. The number of pyridine rings is 1. The van der Waals surface area contributed by atoms with Gasteiger partial charge in [-0.1, -0.05) is 18.5 Å². The summed E-state index contributed by atoms with van der Waals surface area (Å²) in [6.45, 7) is 6.60. The van der Waals surface area contributed by atoms with Gasteiger partial charge in [0.05, 0.1) is 10.9 Å². The number of hydrogen-bond donors (Lipinski definition) is 0. The predicted molar refractivity (Wildman–Crippen MR) is 82.3 cm³/mol. The van der Waals surface area contributed by atoms with Crippen molar-refractivity contribution in [1.29, 1.82) is 0 Å². The van der Waals surface area contributed by atoms with Crippen LogP contribution in [-0.4, -0.2) is 39.1 Å². The molecule has 0 amide bonds. The van der Waals surface area contributed by atoms with Gasteiger partial charge in [0.15, 0.2) is 5.65 Å². The van der Waals surface area contributed by atoms with E-state index in [0.717, 1.165) is 36.6 Å². The van der Waals surface area contributed by atoms with Crippen LogP contribution in [0.1, 0.15) is 19.2 Å². The molecular weight excluding hydrogens is 295 g/mol. The van der Waals surface area contributed by atoms with Gasteiger partial charge in [0.25, 0.3) is 0 Å². The van der Waals surface area contributed by atoms with E-state index in [4.69, 9.17) is 23.2 Å². The van der Waals surface area contributed by atoms with Crippen molar-refractivity contribution in [3.05, 3.63) is 23.1 Å². The van der Waals surface area contributed by atoms with E-state index in [1.165, 1.54) is 13.0 Å². The molecule has 3 heterocycles. The van der Waals surface area contributed by atoms with Crippen LogP contribution in [0, 0.1) is 5.92 Å². The van der Waals surface area contributed by atoms with Crippen molar-refractivity contribution in [1.82, 2.24) is 19.4 Å². The standard InChI is InChI=1S/C14H18Cl2N4/c1-2-19-4-3-10(8-19)9-20-13(6-15)18-12-5-11(16)7-17-14(12)20/h5,7,10H,2-4,6,8-9H2,1H3. The number of fused-ring (bicyclic) bond motifs is 1. The molecule has 20 heavy (non-hydrogen) atoms. The maximum Gasteiger partial charge on any atom is 0.160 e. The Morgan fingerprint density at radius 1 is 1.45 bits per heavy atom.